The quantitative estimate of drug-likeness (QED) is 0.608. The largest absolute Gasteiger partial charge is 0.379 e. The lowest BCUT2D eigenvalue weighted by atomic mass is 10.1. The first kappa shape index (κ1) is 19.2. The Morgan fingerprint density at radius 1 is 1.27 bits per heavy atom. The van der Waals surface area contributed by atoms with E-state index in [2.05, 4.69) is 57.2 Å². The first-order valence-electron chi connectivity index (χ1n) is 9.03. The summed E-state index contributed by atoms with van der Waals surface area (Å²) in [5.41, 5.74) is 2.54. The average molecular weight is 391 g/mol. The zero-order valence-electron chi connectivity index (χ0n) is 15.2. The number of thiocarbonyl (C=S) groups is 1. The van der Waals surface area contributed by atoms with Crippen LogP contribution in [-0.4, -0.2) is 54.0 Å². The molecule has 0 saturated carbocycles. The first-order chi connectivity index (χ1) is 12.7. The number of thiazole rings is 1. The molecule has 0 radical (unpaired) electrons. The van der Waals surface area contributed by atoms with Crippen molar-refractivity contribution in [2.75, 3.05) is 39.4 Å². The number of benzene rings is 1. The molecule has 140 valence electrons. The molecule has 26 heavy (non-hydrogen) atoms. The molecule has 1 saturated heterocycles. The molecule has 2 heterocycles. The molecular weight excluding hydrogens is 364 g/mol. The third-order valence-corrected chi connectivity index (χ3v) is 5.39. The number of aromatic nitrogens is 1. The van der Waals surface area contributed by atoms with Crippen molar-refractivity contribution in [3.05, 3.63) is 51.8 Å². The number of nitrogens with zero attached hydrogens (tertiary/aromatic N) is 3. The molecule has 0 atom stereocenters. The summed E-state index contributed by atoms with van der Waals surface area (Å²) in [6, 6.07) is 8.59. The molecule has 0 bridgehead atoms. The van der Waals surface area contributed by atoms with Crippen LogP contribution in [-0.2, 0) is 11.3 Å². The summed E-state index contributed by atoms with van der Waals surface area (Å²) in [7, 11) is 0. The maximum Gasteiger partial charge on any atom is 0.195 e. The Balaban J connectivity index is 1.48. The van der Waals surface area contributed by atoms with E-state index >= 15 is 0 Å². The van der Waals surface area contributed by atoms with E-state index in [1.807, 2.05) is 5.38 Å². The molecule has 1 aromatic carbocycles. The first-order valence-corrected chi connectivity index (χ1v) is 10.3. The van der Waals surface area contributed by atoms with Gasteiger partial charge < -0.3 is 14.6 Å². The molecule has 7 heteroatoms. The van der Waals surface area contributed by atoms with Crippen LogP contribution in [0, 0.1) is 6.92 Å². The van der Waals surface area contributed by atoms with E-state index in [0.29, 0.717) is 5.11 Å². The minimum atomic E-state index is 0.562. The maximum atomic E-state index is 5.40. The zero-order chi connectivity index (χ0) is 18.2. The summed E-state index contributed by atoms with van der Waals surface area (Å²) in [5, 5.41) is 5.87. The second-order valence-electron chi connectivity index (χ2n) is 6.45. The van der Waals surface area contributed by atoms with E-state index in [9.17, 15) is 0 Å². The minimum Gasteiger partial charge on any atom is -0.379 e. The summed E-state index contributed by atoms with van der Waals surface area (Å²) in [4.78, 5) is 7.94. The normalized spacial score (nSPS) is 16.0. The molecule has 1 N–H and O–H groups in total. The Morgan fingerprint density at radius 2 is 2.04 bits per heavy atom. The van der Waals surface area contributed by atoms with Gasteiger partial charge in [-0.1, -0.05) is 29.8 Å². The average Bonchev–Trinajstić information content (AvgIpc) is 3.08. The molecule has 0 unspecified atom stereocenters. The fraction of sp³-hybridized carbons (Fsp3) is 0.474. The molecule has 1 aromatic heterocycles. The van der Waals surface area contributed by atoms with E-state index in [-0.39, 0.29) is 0 Å². The van der Waals surface area contributed by atoms with Crippen molar-refractivity contribution < 1.29 is 4.74 Å². The highest BCUT2D eigenvalue weighted by Gasteiger charge is 2.09. The van der Waals surface area contributed by atoms with Crippen LogP contribution in [0.1, 0.15) is 17.5 Å². The summed E-state index contributed by atoms with van der Waals surface area (Å²) in [6.07, 6.45) is 3.12. The van der Waals surface area contributed by atoms with Gasteiger partial charge in [0.2, 0.25) is 0 Å². The van der Waals surface area contributed by atoms with Crippen molar-refractivity contribution in [2.24, 2.45) is 4.99 Å². The molecular formula is C19H26N4OS2. The number of aryl methyl sites for hydroxylation is 1. The number of hydrogen-bond acceptors (Lipinski definition) is 4. The van der Waals surface area contributed by atoms with Crippen molar-refractivity contribution in [1.82, 2.24) is 14.8 Å². The van der Waals surface area contributed by atoms with Gasteiger partial charge in [0.15, 0.2) is 9.91 Å². The SMILES string of the molecule is Cc1ccc(Cn2ccsc2=NC(=S)NCCCN2CCOCC2)cc1. The Hall–Kier alpha value is -1.54. The van der Waals surface area contributed by atoms with Gasteiger partial charge in [-0.15, -0.1) is 11.3 Å². The topological polar surface area (TPSA) is 41.8 Å². The van der Waals surface area contributed by atoms with Crippen LogP contribution in [0.3, 0.4) is 0 Å². The molecule has 5 nitrogen and oxygen atoms in total. The predicted octanol–water partition coefficient (Wildman–Crippen LogP) is 2.40. The Labute approximate surface area is 164 Å². The van der Waals surface area contributed by atoms with Gasteiger partial charge in [0, 0.05) is 37.8 Å². The van der Waals surface area contributed by atoms with Gasteiger partial charge in [-0.25, -0.2) is 0 Å². The molecule has 1 fully saturated rings. The summed E-state index contributed by atoms with van der Waals surface area (Å²) < 4.78 is 7.50. The molecule has 1 aliphatic rings. The van der Waals surface area contributed by atoms with Crippen LogP contribution < -0.4 is 10.1 Å². The molecule has 0 aliphatic carbocycles. The number of rotatable bonds is 6. The maximum absolute atomic E-state index is 5.40. The Bertz CT molecular complexity index is 760. The number of hydrogen-bond donors (Lipinski definition) is 1. The summed E-state index contributed by atoms with van der Waals surface area (Å²) >= 11 is 7.00. The fourth-order valence-corrected chi connectivity index (χ4v) is 3.83. The third kappa shape index (κ3) is 6.02. The highest BCUT2D eigenvalue weighted by molar-refractivity contribution is 7.80. The summed E-state index contributed by atoms with van der Waals surface area (Å²) in [5.74, 6) is 0. The van der Waals surface area contributed by atoms with Crippen LogP contribution in [0.2, 0.25) is 0 Å². The van der Waals surface area contributed by atoms with Gasteiger partial charge in [-0.3, -0.25) is 4.90 Å². The van der Waals surface area contributed by atoms with Crippen molar-refractivity contribution in [3.8, 4) is 0 Å². The van der Waals surface area contributed by atoms with Crippen molar-refractivity contribution >= 4 is 28.7 Å². The molecule has 2 aromatic rings. The van der Waals surface area contributed by atoms with E-state index in [1.165, 1.54) is 11.1 Å². The second-order valence-corrected chi connectivity index (χ2v) is 7.71. The highest BCUT2D eigenvalue weighted by atomic mass is 32.1. The molecule has 0 amide bonds. The van der Waals surface area contributed by atoms with Gasteiger partial charge in [-0.05, 0) is 37.7 Å². The second kappa shape index (κ2) is 9.97. The van der Waals surface area contributed by atoms with Crippen LogP contribution in [0.5, 0.6) is 0 Å². The lowest BCUT2D eigenvalue weighted by Crippen LogP contribution is -2.38. The van der Waals surface area contributed by atoms with E-state index in [1.54, 1.807) is 11.3 Å². The molecule has 1 aliphatic heterocycles. The third-order valence-electron chi connectivity index (χ3n) is 4.36. The van der Waals surface area contributed by atoms with Crippen LogP contribution >= 0.6 is 23.6 Å². The molecule has 3 rings (SSSR count). The number of ether oxygens (including phenoxy) is 1. The van der Waals surface area contributed by atoms with Crippen molar-refractivity contribution in [1.29, 1.82) is 0 Å². The standard InChI is InChI=1S/C19H26N4OS2/c1-16-3-5-17(6-4-16)15-23-11-14-26-19(23)21-18(25)20-7-2-8-22-9-12-24-13-10-22/h3-6,11,14H,2,7-10,12-13,15H2,1H3,(H,20,25). The van der Waals surface area contributed by atoms with Crippen LogP contribution in [0.15, 0.2) is 40.8 Å². The van der Waals surface area contributed by atoms with Crippen LogP contribution in [0.4, 0.5) is 0 Å². The number of morpholine rings is 1. The lowest BCUT2D eigenvalue weighted by Gasteiger charge is -2.26. The van der Waals surface area contributed by atoms with Crippen molar-refractivity contribution in [3.63, 3.8) is 0 Å². The fourth-order valence-electron chi connectivity index (χ4n) is 2.85. The van der Waals surface area contributed by atoms with Gasteiger partial charge in [-0.2, -0.15) is 4.99 Å². The smallest absolute Gasteiger partial charge is 0.195 e. The Kier molecular flexibility index (Phi) is 7.37. The minimum absolute atomic E-state index is 0.562. The van der Waals surface area contributed by atoms with Crippen LogP contribution in [0.25, 0.3) is 0 Å². The van der Waals surface area contributed by atoms with E-state index in [0.717, 1.165) is 57.2 Å². The van der Waals surface area contributed by atoms with Gasteiger partial charge in [0.05, 0.1) is 13.2 Å². The van der Waals surface area contributed by atoms with Gasteiger partial charge >= 0.3 is 0 Å². The van der Waals surface area contributed by atoms with E-state index in [4.69, 9.17) is 17.0 Å². The highest BCUT2D eigenvalue weighted by Crippen LogP contribution is 2.05. The zero-order valence-corrected chi connectivity index (χ0v) is 16.8. The van der Waals surface area contributed by atoms with Gasteiger partial charge in [0.25, 0.3) is 0 Å². The number of nitrogens with one attached hydrogen (secondary N) is 1. The van der Waals surface area contributed by atoms with Gasteiger partial charge in [0.1, 0.15) is 0 Å². The molecule has 0 spiro atoms. The monoisotopic (exact) mass is 390 g/mol. The predicted molar refractivity (Wildman–Crippen MR) is 111 cm³/mol. The van der Waals surface area contributed by atoms with Crippen molar-refractivity contribution in [2.45, 2.75) is 19.9 Å². The van der Waals surface area contributed by atoms with E-state index < -0.39 is 0 Å². The summed E-state index contributed by atoms with van der Waals surface area (Å²) in [6.45, 7) is 8.59. The lowest BCUT2D eigenvalue weighted by molar-refractivity contribution is 0.0376. The Morgan fingerprint density at radius 3 is 2.81 bits per heavy atom.